The normalized spacial score (nSPS) is 12.1. The van der Waals surface area contributed by atoms with Gasteiger partial charge in [0.25, 0.3) is 0 Å². The van der Waals surface area contributed by atoms with Gasteiger partial charge in [-0.2, -0.15) is 0 Å². The smallest absolute Gasteiger partial charge is 0.338 e. The van der Waals surface area contributed by atoms with Gasteiger partial charge in [0, 0.05) is 6.42 Å². The maximum absolute atomic E-state index is 12.9. The number of rotatable bonds is 11. The Labute approximate surface area is 160 Å². The first-order valence-corrected chi connectivity index (χ1v) is 9.48. The Bertz CT molecular complexity index is 695. The van der Waals surface area contributed by atoms with Crippen LogP contribution in [-0.2, 0) is 4.74 Å². The molecule has 27 heavy (non-hydrogen) atoms. The van der Waals surface area contributed by atoms with E-state index in [-0.39, 0.29) is 17.9 Å². The van der Waals surface area contributed by atoms with E-state index in [1.165, 1.54) is 12.1 Å². The molecule has 2 aromatic rings. The molecule has 1 atom stereocenters. The molecule has 0 saturated carbocycles. The van der Waals surface area contributed by atoms with E-state index >= 15 is 0 Å². The largest absolute Gasteiger partial charge is 0.490 e. The Hall–Kier alpha value is -2.62. The van der Waals surface area contributed by atoms with E-state index in [9.17, 15) is 9.18 Å². The number of halogens is 1. The van der Waals surface area contributed by atoms with E-state index in [4.69, 9.17) is 9.47 Å². The van der Waals surface area contributed by atoms with Crippen molar-refractivity contribution in [1.29, 1.82) is 0 Å². The van der Waals surface area contributed by atoms with Gasteiger partial charge in [-0.1, -0.05) is 50.1 Å². The van der Waals surface area contributed by atoms with Crippen LogP contribution >= 0.6 is 0 Å². The fraction of sp³-hybridized carbons (Fsp3) is 0.348. The van der Waals surface area contributed by atoms with E-state index in [2.05, 4.69) is 6.92 Å². The lowest BCUT2D eigenvalue weighted by atomic mass is 10.1. The zero-order valence-corrected chi connectivity index (χ0v) is 15.8. The second kappa shape index (κ2) is 11.9. The van der Waals surface area contributed by atoms with Gasteiger partial charge in [0.15, 0.2) is 0 Å². The summed E-state index contributed by atoms with van der Waals surface area (Å²) >= 11 is 0. The lowest BCUT2D eigenvalue weighted by molar-refractivity contribution is 0.0283. The molecular weight excluding hydrogens is 343 g/mol. The van der Waals surface area contributed by atoms with Gasteiger partial charge in [0.05, 0.1) is 5.56 Å². The number of carbonyl (C=O) groups excluding carboxylic acids is 1. The minimum atomic E-state index is -0.284. The molecule has 0 heterocycles. The van der Waals surface area contributed by atoms with E-state index < -0.39 is 0 Å². The molecule has 4 heteroatoms. The van der Waals surface area contributed by atoms with E-state index in [1.54, 1.807) is 24.3 Å². The number of esters is 1. The van der Waals surface area contributed by atoms with Crippen molar-refractivity contribution in [2.45, 2.75) is 45.1 Å². The predicted molar refractivity (Wildman–Crippen MR) is 105 cm³/mol. The van der Waals surface area contributed by atoms with Crippen LogP contribution in [0.3, 0.4) is 0 Å². The maximum Gasteiger partial charge on any atom is 0.338 e. The molecular formula is C23H27FO3. The molecule has 0 bridgehead atoms. The van der Waals surface area contributed by atoms with Crippen molar-refractivity contribution in [3.8, 4) is 5.75 Å². The van der Waals surface area contributed by atoms with Crippen molar-refractivity contribution < 1.29 is 18.7 Å². The molecule has 0 amide bonds. The molecule has 0 saturated heterocycles. The summed E-state index contributed by atoms with van der Waals surface area (Å²) in [7, 11) is 0. The van der Waals surface area contributed by atoms with E-state index in [1.807, 2.05) is 30.4 Å². The summed E-state index contributed by atoms with van der Waals surface area (Å²) < 4.78 is 24.1. The summed E-state index contributed by atoms with van der Waals surface area (Å²) in [6.45, 7) is 2.54. The Morgan fingerprint density at radius 3 is 2.48 bits per heavy atom. The number of hydrogen-bond donors (Lipinski definition) is 0. The van der Waals surface area contributed by atoms with Crippen molar-refractivity contribution in [2.75, 3.05) is 6.61 Å². The van der Waals surface area contributed by atoms with Gasteiger partial charge in [-0.25, -0.2) is 9.18 Å². The van der Waals surface area contributed by atoms with Crippen LogP contribution in [0, 0.1) is 5.82 Å². The molecule has 0 aliphatic heterocycles. The van der Waals surface area contributed by atoms with Crippen molar-refractivity contribution in [3.63, 3.8) is 0 Å². The van der Waals surface area contributed by atoms with Crippen molar-refractivity contribution in [3.05, 3.63) is 78.1 Å². The molecule has 0 N–H and O–H groups in total. The van der Waals surface area contributed by atoms with Crippen LogP contribution in [0.5, 0.6) is 5.75 Å². The average Bonchev–Trinajstić information content (AvgIpc) is 2.69. The van der Waals surface area contributed by atoms with Crippen LogP contribution in [-0.4, -0.2) is 18.7 Å². The predicted octanol–water partition coefficient (Wildman–Crippen LogP) is 5.96. The number of carbonyl (C=O) groups is 1. The zero-order chi connectivity index (χ0) is 19.3. The van der Waals surface area contributed by atoms with Gasteiger partial charge < -0.3 is 9.47 Å². The van der Waals surface area contributed by atoms with Crippen LogP contribution in [0.25, 0.3) is 0 Å². The fourth-order valence-corrected chi connectivity index (χ4v) is 2.63. The molecule has 1 unspecified atom stereocenters. The van der Waals surface area contributed by atoms with Crippen LogP contribution < -0.4 is 4.74 Å². The van der Waals surface area contributed by atoms with Crippen LogP contribution in [0.4, 0.5) is 4.39 Å². The summed E-state index contributed by atoms with van der Waals surface area (Å²) in [6, 6.07) is 15.0. The van der Waals surface area contributed by atoms with E-state index in [0.29, 0.717) is 24.3 Å². The Balaban J connectivity index is 1.81. The van der Waals surface area contributed by atoms with Crippen molar-refractivity contribution in [1.82, 2.24) is 0 Å². The third-order valence-electron chi connectivity index (χ3n) is 4.14. The molecule has 2 rings (SSSR count). The van der Waals surface area contributed by atoms with Gasteiger partial charge >= 0.3 is 5.97 Å². The maximum atomic E-state index is 12.9. The highest BCUT2D eigenvalue weighted by atomic mass is 19.1. The molecule has 0 aromatic heterocycles. The summed E-state index contributed by atoms with van der Waals surface area (Å²) in [4.78, 5) is 12.3. The number of hydrogen-bond acceptors (Lipinski definition) is 3. The van der Waals surface area contributed by atoms with Crippen LogP contribution in [0.15, 0.2) is 66.7 Å². The van der Waals surface area contributed by atoms with Gasteiger partial charge in [0.1, 0.15) is 24.3 Å². The van der Waals surface area contributed by atoms with Crippen LogP contribution in [0.1, 0.15) is 49.4 Å². The Morgan fingerprint density at radius 2 is 1.78 bits per heavy atom. The third-order valence-corrected chi connectivity index (χ3v) is 4.14. The fourth-order valence-electron chi connectivity index (χ4n) is 2.63. The molecule has 0 aliphatic carbocycles. The second-order valence-corrected chi connectivity index (χ2v) is 6.36. The van der Waals surface area contributed by atoms with E-state index in [0.717, 1.165) is 25.7 Å². The molecule has 3 nitrogen and oxygen atoms in total. The summed E-state index contributed by atoms with van der Waals surface area (Å²) in [5, 5.41) is 0. The standard InChI is InChI=1S/C23H27FO3/c1-2-3-5-12-22(27-23(25)19-10-6-4-7-11-19)13-8-9-18-26-21-16-14-20(24)15-17-21/h4,6-11,14-17,22H,2-3,5,12-13,18H2,1H3/b9-8+. The molecule has 0 spiro atoms. The van der Waals surface area contributed by atoms with Gasteiger partial charge in [-0.05, 0) is 49.2 Å². The van der Waals surface area contributed by atoms with Crippen LogP contribution in [0.2, 0.25) is 0 Å². The second-order valence-electron chi connectivity index (χ2n) is 6.36. The van der Waals surface area contributed by atoms with Crippen molar-refractivity contribution >= 4 is 5.97 Å². The number of unbranched alkanes of at least 4 members (excludes halogenated alkanes) is 2. The lowest BCUT2D eigenvalue weighted by Crippen LogP contribution is -2.18. The highest BCUT2D eigenvalue weighted by Gasteiger charge is 2.14. The first-order chi connectivity index (χ1) is 13.2. The van der Waals surface area contributed by atoms with Gasteiger partial charge in [-0.3, -0.25) is 0 Å². The van der Waals surface area contributed by atoms with Crippen molar-refractivity contribution in [2.24, 2.45) is 0 Å². The van der Waals surface area contributed by atoms with Gasteiger partial charge in [0.2, 0.25) is 0 Å². The Morgan fingerprint density at radius 1 is 1.04 bits per heavy atom. The number of ether oxygens (including phenoxy) is 2. The molecule has 144 valence electrons. The monoisotopic (exact) mass is 370 g/mol. The summed E-state index contributed by atoms with van der Waals surface area (Å²) in [5.41, 5.74) is 0.571. The highest BCUT2D eigenvalue weighted by molar-refractivity contribution is 5.89. The minimum Gasteiger partial charge on any atom is -0.490 e. The summed E-state index contributed by atoms with van der Waals surface area (Å²) in [5.74, 6) is 0.0529. The Kier molecular flexibility index (Phi) is 9.11. The molecule has 0 fully saturated rings. The zero-order valence-electron chi connectivity index (χ0n) is 15.8. The first kappa shape index (κ1) is 20.7. The average molecular weight is 370 g/mol. The minimum absolute atomic E-state index is 0.147. The highest BCUT2D eigenvalue weighted by Crippen LogP contribution is 2.15. The first-order valence-electron chi connectivity index (χ1n) is 9.48. The quantitative estimate of drug-likeness (QED) is 0.278. The molecule has 2 aromatic carbocycles. The third kappa shape index (κ3) is 8.07. The summed E-state index contributed by atoms with van der Waals surface area (Å²) in [6.07, 6.45) is 8.49. The number of benzene rings is 2. The SMILES string of the molecule is CCCCCC(C/C=C/COc1ccc(F)cc1)OC(=O)c1ccccc1. The molecule has 0 radical (unpaired) electrons. The lowest BCUT2D eigenvalue weighted by Gasteiger charge is -2.16. The molecule has 0 aliphatic rings. The van der Waals surface area contributed by atoms with Gasteiger partial charge in [-0.15, -0.1) is 0 Å². The topological polar surface area (TPSA) is 35.5 Å².